The van der Waals surface area contributed by atoms with E-state index in [0.29, 0.717) is 13.2 Å². The first-order valence-electron chi connectivity index (χ1n) is 4.31. The Morgan fingerprint density at radius 1 is 1.77 bits per heavy atom. The van der Waals surface area contributed by atoms with Crippen molar-refractivity contribution in [1.82, 2.24) is 4.90 Å². The van der Waals surface area contributed by atoms with Crippen LogP contribution in [0.15, 0.2) is 12.7 Å². The minimum atomic E-state index is -0.370. The summed E-state index contributed by atoms with van der Waals surface area (Å²) in [5.41, 5.74) is 0. The predicted molar refractivity (Wildman–Crippen MR) is 54.6 cm³/mol. The van der Waals surface area contributed by atoms with Crippen LogP contribution in [0.3, 0.4) is 0 Å². The van der Waals surface area contributed by atoms with Crippen LogP contribution in [-0.4, -0.2) is 35.6 Å². The van der Waals surface area contributed by atoms with E-state index in [-0.39, 0.29) is 5.97 Å². The van der Waals surface area contributed by atoms with Gasteiger partial charge in [-0.15, -0.1) is 0 Å². The van der Waals surface area contributed by atoms with E-state index in [0.717, 1.165) is 24.4 Å². The molecule has 0 saturated carbocycles. The fourth-order valence-electron chi connectivity index (χ4n) is 1.26. The van der Waals surface area contributed by atoms with Crippen molar-refractivity contribution in [3.05, 3.63) is 12.7 Å². The number of hydrogen-bond donors (Lipinski definition) is 0. The molecule has 0 spiro atoms. The molecule has 0 aromatic carbocycles. The molecule has 3 nitrogen and oxygen atoms in total. The van der Waals surface area contributed by atoms with Gasteiger partial charge in [0.2, 0.25) is 0 Å². The predicted octanol–water partition coefficient (Wildman–Crippen LogP) is 1.14. The normalized spacial score (nSPS) is 16.0. The molecule has 1 saturated heterocycles. The topological polar surface area (TPSA) is 29.5 Å². The van der Waals surface area contributed by atoms with Crippen LogP contribution in [0.1, 0.15) is 12.8 Å². The average Bonchev–Trinajstić information content (AvgIpc) is 2.52. The van der Waals surface area contributed by atoms with E-state index in [9.17, 15) is 4.79 Å². The molecule has 0 atom stereocenters. The maximum atomic E-state index is 10.7. The minimum Gasteiger partial charge on any atom is -0.461 e. The summed E-state index contributed by atoms with van der Waals surface area (Å²) in [6, 6.07) is 0. The van der Waals surface area contributed by atoms with Gasteiger partial charge in [0, 0.05) is 12.6 Å². The minimum absolute atomic E-state index is 0.370. The third-order valence-electron chi connectivity index (χ3n) is 1.94. The second kappa shape index (κ2) is 4.97. The number of esters is 1. The first kappa shape index (κ1) is 10.2. The van der Waals surface area contributed by atoms with Crippen LogP contribution in [-0.2, 0) is 9.53 Å². The summed E-state index contributed by atoms with van der Waals surface area (Å²) >= 11 is 5.11. The molecule has 0 radical (unpaired) electrons. The van der Waals surface area contributed by atoms with E-state index in [2.05, 4.69) is 11.5 Å². The van der Waals surface area contributed by atoms with Crippen LogP contribution in [0, 0.1) is 0 Å². The third kappa shape index (κ3) is 3.14. The van der Waals surface area contributed by atoms with Crippen molar-refractivity contribution < 1.29 is 9.53 Å². The number of thiocarbonyl (C=S) groups is 1. The highest BCUT2D eigenvalue weighted by atomic mass is 32.1. The molecule has 1 aliphatic heterocycles. The molecule has 72 valence electrons. The zero-order chi connectivity index (χ0) is 9.68. The van der Waals surface area contributed by atoms with Gasteiger partial charge in [0.1, 0.15) is 6.61 Å². The molecule has 1 heterocycles. The van der Waals surface area contributed by atoms with E-state index in [1.165, 1.54) is 6.08 Å². The fourth-order valence-corrected chi connectivity index (χ4v) is 1.58. The summed E-state index contributed by atoms with van der Waals surface area (Å²) < 4.78 is 4.84. The Hall–Kier alpha value is -0.900. The van der Waals surface area contributed by atoms with Gasteiger partial charge < -0.3 is 9.64 Å². The van der Waals surface area contributed by atoms with Gasteiger partial charge in [-0.25, -0.2) is 4.79 Å². The summed E-state index contributed by atoms with van der Waals surface area (Å²) in [6.45, 7) is 5.40. The Labute approximate surface area is 83.4 Å². The van der Waals surface area contributed by atoms with Gasteiger partial charge in [-0.1, -0.05) is 18.8 Å². The van der Waals surface area contributed by atoms with Crippen molar-refractivity contribution in [2.45, 2.75) is 12.8 Å². The number of nitrogens with zero attached hydrogens (tertiary/aromatic N) is 1. The molecule has 0 amide bonds. The summed E-state index contributed by atoms with van der Waals surface area (Å²) in [5.74, 6) is -0.370. The third-order valence-corrected chi connectivity index (χ3v) is 2.41. The summed E-state index contributed by atoms with van der Waals surface area (Å²) in [4.78, 5) is 13.7. The highest BCUT2D eigenvalue weighted by molar-refractivity contribution is 7.80. The maximum absolute atomic E-state index is 10.7. The average molecular weight is 199 g/mol. The van der Waals surface area contributed by atoms with Gasteiger partial charge in [-0.3, -0.25) is 0 Å². The number of ether oxygens (including phenoxy) is 1. The molecule has 0 aromatic rings. The molecule has 0 aliphatic carbocycles. The molecule has 13 heavy (non-hydrogen) atoms. The highest BCUT2D eigenvalue weighted by Gasteiger charge is 2.15. The standard InChI is InChI=1S/C9H13NO2S/c1-2-9(11)12-7-6-10-5-3-4-8(10)13/h2H,1,3-7H2. The van der Waals surface area contributed by atoms with Crippen molar-refractivity contribution in [2.24, 2.45) is 0 Å². The second-order valence-electron chi connectivity index (χ2n) is 2.86. The van der Waals surface area contributed by atoms with Crippen LogP contribution in [0.2, 0.25) is 0 Å². The van der Waals surface area contributed by atoms with Crippen molar-refractivity contribution in [3.63, 3.8) is 0 Å². The number of rotatable bonds is 4. The van der Waals surface area contributed by atoms with Crippen LogP contribution in [0.5, 0.6) is 0 Å². The molecular formula is C9H13NO2S. The molecule has 1 fully saturated rings. The monoisotopic (exact) mass is 199 g/mol. The summed E-state index contributed by atoms with van der Waals surface area (Å²) in [5, 5.41) is 0. The zero-order valence-electron chi connectivity index (χ0n) is 7.49. The molecule has 0 unspecified atom stereocenters. The van der Waals surface area contributed by atoms with Gasteiger partial charge in [-0.05, 0) is 12.8 Å². The van der Waals surface area contributed by atoms with E-state index in [1.807, 2.05) is 0 Å². The lowest BCUT2D eigenvalue weighted by Gasteiger charge is -2.16. The lowest BCUT2D eigenvalue weighted by molar-refractivity contribution is -0.137. The van der Waals surface area contributed by atoms with Crippen LogP contribution < -0.4 is 0 Å². The van der Waals surface area contributed by atoms with Crippen molar-refractivity contribution >= 4 is 23.2 Å². The molecule has 1 rings (SSSR count). The van der Waals surface area contributed by atoms with Gasteiger partial charge in [-0.2, -0.15) is 0 Å². The van der Waals surface area contributed by atoms with E-state index >= 15 is 0 Å². The van der Waals surface area contributed by atoms with Gasteiger partial charge in [0.05, 0.1) is 11.5 Å². The van der Waals surface area contributed by atoms with Gasteiger partial charge in [0.25, 0.3) is 0 Å². The zero-order valence-corrected chi connectivity index (χ0v) is 8.31. The Morgan fingerprint density at radius 2 is 2.54 bits per heavy atom. The number of carbonyl (C=O) groups is 1. The first-order valence-corrected chi connectivity index (χ1v) is 4.72. The molecule has 4 heteroatoms. The van der Waals surface area contributed by atoms with Crippen LogP contribution >= 0.6 is 12.2 Å². The lowest BCUT2D eigenvalue weighted by atomic mass is 10.4. The van der Waals surface area contributed by atoms with Crippen molar-refractivity contribution in [2.75, 3.05) is 19.7 Å². The molecule has 0 N–H and O–H groups in total. The highest BCUT2D eigenvalue weighted by Crippen LogP contribution is 2.10. The number of carbonyl (C=O) groups excluding carboxylic acids is 1. The Bertz CT molecular complexity index is 228. The van der Waals surface area contributed by atoms with Crippen LogP contribution in [0.25, 0.3) is 0 Å². The van der Waals surface area contributed by atoms with Crippen molar-refractivity contribution in [3.8, 4) is 0 Å². The maximum Gasteiger partial charge on any atom is 0.330 e. The van der Waals surface area contributed by atoms with E-state index < -0.39 is 0 Å². The lowest BCUT2D eigenvalue weighted by Crippen LogP contribution is -2.27. The van der Waals surface area contributed by atoms with Crippen LogP contribution in [0.4, 0.5) is 0 Å². The SMILES string of the molecule is C=CC(=O)OCCN1CCCC1=S. The molecular weight excluding hydrogens is 186 g/mol. The Kier molecular flexibility index (Phi) is 3.89. The van der Waals surface area contributed by atoms with Gasteiger partial charge in [0.15, 0.2) is 0 Å². The van der Waals surface area contributed by atoms with E-state index in [1.54, 1.807) is 0 Å². The molecule has 0 bridgehead atoms. The number of hydrogen-bond acceptors (Lipinski definition) is 3. The first-order chi connectivity index (χ1) is 6.24. The van der Waals surface area contributed by atoms with Gasteiger partial charge >= 0.3 is 5.97 Å². The quantitative estimate of drug-likeness (QED) is 0.386. The fraction of sp³-hybridized carbons (Fsp3) is 0.556. The summed E-state index contributed by atoms with van der Waals surface area (Å²) in [6.07, 6.45) is 3.28. The Morgan fingerprint density at radius 3 is 3.08 bits per heavy atom. The Balaban J connectivity index is 2.15. The smallest absolute Gasteiger partial charge is 0.330 e. The molecule has 1 aliphatic rings. The van der Waals surface area contributed by atoms with Crippen molar-refractivity contribution in [1.29, 1.82) is 0 Å². The van der Waals surface area contributed by atoms with E-state index in [4.69, 9.17) is 17.0 Å². The number of likely N-dealkylation sites (tertiary alicyclic amines) is 1. The summed E-state index contributed by atoms with van der Waals surface area (Å²) in [7, 11) is 0. The second-order valence-corrected chi connectivity index (χ2v) is 3.33. The largest absolute Gasteiger partial charge is 0.461 e. The molecule has 0 aromatic heterocycles.